The fraction of sp³-hybridized carbons (Fsp3) is 0.250. The number of anilines is 1. The summed E-state index contributed by atoms with van der Waals surface area (Å²) in [5.41, 5.74) is 3.57. The number of aryl methyl sites for hydroxylation is 1. The zero-order valence-corrected chi connectivity index (χ0v) is 10.1. The van der Waals surface area contributed by atoms with Gasteiger partial charge in [-0.2, -0.15) is 0 Å². The molecule has 6 heteroatoms. The van der Waals surface area contributed by atoms with Crippen LogP contribution in [0.1, 0.15) is 22.8 Å². The second-order valence-electron chi connectivity index (χ2n) is 4.16. The third-order valence-electron chi connectivity index (χ3n) is 3.05. The molecule has 1 heterocycles. The first-order valence-corrected chi connectivity index (χ1v) is 5.47. The molecule has 0 aromatic heterocycles. The molecule has 94 valence electrons. The highest BCUT2D eigenvalue weighted by Gasteiger charge is 2.41. The van der Waals surface area contributed by atoms with E-state index in [2.05, 4.69) is 0 Å². The lowest BCUT2D eigenvalue weighted by atomic mass is 10.1. The summed E-state index contributed by atoms with van der Waals surface area (Å²) in [7, 11) is 0. The Morgan fingerprint density at radius 3 is 2.67 bits per heavy atom. The molecule has 0 spiro atoms. The van der Waals surface area contributed by atoms with Crippen molar-refractivity contribution in [3.63, 3.8) is 0 Å². The standard InChI is InChI=1S/C12H13N3O3/c1-6-4-3-5-8-9(6)15(12(18)10(8)16)7(2)11(17)14-13/h3-5,7H,13H2,1-2H3,(H,14,17). The number of rotatable bonds is 2. The van der Waals surface area contributed by atoms with E-state index in [0.29, 0.717) is 11.3 Å². The van der Waals surface area contributed by atoms with Crippen molar-refractivity contribution < 1.29 is 14.4 Å². The van der Waals surface area contributed by atoms with Crippen LogP contribution >= 0.6 is 0 Å². The molecule has 18 heavy (non-hydrogen) atoms. The van der Waals surface area contributed by atoms with E-state index in [1.807, 2.05) is 5.43 Å². The average molecular weight is 247 g/mol. The van der Waals surface area contributed by atoms with Gasteiger partial charge in [0.1, 0.15) is 6.04 Å². The minimum atomic E-state index is -0.825. The van der Waals surface area contributed by atoms with E-state index in [9.17, 15) is 14.4 Å². The van der Waals surface area contributed by atoms with Crippen LogP contribution in [0.15, 0.2) is 18.2 Å². The van der Waals surface area contributed by atoms with Gasteiger partial charge < -0.3 is 0 Å². The van der Waals surface area contributed by atoms with E-state index in [1.54, 1.807) is 25.1 Å². The van der Waals surface area contributed by atoms with E-state index >= 15 is 0 Å². The Bertz CT molecular complexity index is 553. The van der Waals surface area contributed by atoms with Gasteiger partial charge in [-0.3, -0.25) is 24.7 Å². The third-order valence-corrected chi connectivity index (χ3v) is 3.05. The van der Waals surface area contributed by atoms with Gasteiger partial charge in [-0.15, -0.1) is 0 Å². The highest BCUT2D eigenvalue weighted by molar-refractivity contribution is 6.53. The summed E-state index contributed by atoms with van der Waals surface area (Å²) in [6.45, 7) is 3.31. The number of carbonyl (C=O) groups excluding carboxylic acids is 3. The number of hydrazine groups is 1. The molecule has 0 bridgehead atoms. The van der Waals surface area contributed by atoms with Crippen LogP contribution in [0.4, 0.5) is 5.69 Å². The average Bonchev–Trinajstić information content (AvgIpc) is 2.62. The molecular weight excluding hydrogens is 234 g/mol. The zero-order chi connectivity index (χ0) is 13.4. The van der Waals surface area contributed by atoms with Crippen molar-refractivity contribution in [2.45, 2.75) is 19.9 Å². The fourth-order valence-electron chi connectivity index (χ4n) is 2.10. The molecule has 6 nitrogen and oxygen atoms in total. The first-order chi connectivity index (χ1) is 8.49. The number of nitrogens with two attached hydrogens (primary N) is 1. The van der Waals surface area contributed by atoms with E-state index in [1.165, 1.54) is 11.8 Å². The van der Waals surface area contributed by atoms with E-state index < -0.39 is 23.6 Å². The van der Waals surface area contributed by atoms with Crippen molar-refractivity contribution in [3.8, 4) is 0 Å². The third kappa shape index (κ3) is 1.58. The number of amides is 2. The molecule has 0 saturated heterocycles. The molecule has 0 aliphatic carbocycles. The monoisotopic (exact) mass is 247 g/mol. The second kappa shape index (κ2) is 4.23. The highest BCUT2D eigenvalue weighted by atomic mass is 16.2. The van der Waals surface area contributed by atoms with Crippen LogP contribution in [0.25, 0.3) is 0 Å². The van der Waals surface area contributed by atoms with Crippen molar-refractivity contribution >= 4 is 23.3 Å². The summed E-state index contributed by atoms with van der Waals surface area (Å²) in [5.74, 6) is 3.24. The molecule has 1 atom stereocenters. The second-order valence-corrected chi connectivity index (χ2v) is 4.16. The van der Waals surface area contributed by atoms with Crippen molar-refractivity contribution in [2.75, 3.05) is 4.90 Å². The molecule has 1 aliphatic rings. The minimum Gasteiger partial charge on any atom is -0.292 e. The van der Waals surface area contributed by atoms with Gasteiger partial charge in [0.15, 0.2) is 0 Å². The lowest BCUT2D eigenvalue weighted by Gasteiger charge is -2.24. The van der Waals surface area contributed by atoms with Crippen LogP contribution in [0.2, 0.25) is 0 Å². The molecule has 1 aromatic rings. The number of hydrogen-bond donors (Lipinski definition) is 2. The van der Waals surface area contributed by atoms with Crippen LogP contribution < -0.4 is 16.2 Å². The maximum atomic E-state index is 11.9. The van der Waals surface area contributed by atoms with E-state index in [4.69, 9.17) is 5.84 Å². The van der Waals surface area contributed by atoms with Crippen molar-refractivity contribution in [1.82, 2.24) is 5.43 Å². The van der Waals surface area contributed by atoms with Gasteiger partial charge in [0.2, 0.25) is 0 Å². The molecule has 0 fully saturated rings. The fourth-order valence-corrected chi connectivity index (χ4v) is 2.10. The van der Waals surface area contributed by atoms with E-state index in [0.717, 1.165) is 5.56 Å². The lowest BCUT2D eigenvalue weighted by Crippen LogP contribution is -2.49. The predicted molar refractivity (Wildman–Crippen MR) is 64.8 cm³/mol. The molecule has 1 unspecified atom stereocenters. The summed E-state index contributed by atoms with van der Waals surface area (Å²) in [6, 6.07) is 4.24. The Morgan fingerprint density at radius 1 is 1.39 bits per heavy atom. The largest absolute Gasteiger partial charge is 0.300 e. The Balaban J connectivity index is 2.55. The number of para-hydroxylation sites is 1. The van der Waals surface area contributed by atoms with E-state index in [-0.39, 0.29) is 0 Å². The quantitative estimate of drug-likeness (QED) is 0.330. The minimum absolute atomic E-state index is 0.330. The normalized spacial score (nSPS) is 15.6. The van der Waals surface area contributed by atoms with Crippen molar-refractivity contribution in [1.29, 1.82) is 0 Å². The summed E-state index contributed by atoms with van der Waals surface area (Å²) < 4.78 is 0. The Hall–Kier alpha value is -2.21. The Labute approximate surface area is 104 Å². The number of benzene rings is 1. The molecule has 2 rings (SSSR count). The van der Waals surface area contributed by atoms with Gasteiger partial charge >= 0.3 is 0 Å². The molecule has 0 radical (unpaired) electrons. The van der Waals surface area contributed by atoms with Crippen molar-refractivity contribution in [3.05, 3.63) is 29.3 Å². The molecule has 2 amide bonds. The number of Topliss-reactive ketones (excluding diaryl/α,β-unsaturated/α-hetero) is 1. The highest BCUT2D eigenvalue weighted by Crippen LogP contribution is 2.33. The molecule has 3 N–H and O–H groups in total. The summed E-state index contributed by atoms with van der Waals surface area (Å²) >= 11 is 0. The topological polar surface area (TPSA) is 92.5 Å². The number of fused-ring (bicyclic) bond motifs is 1. The maximum absolute atomic E-state index is 11.9. The first kappa shape index (κ1) is 12.3. The molecule has 1 aromatic carbocycles. The van der Waals surface area contributed by atoms with Crippen LogP contribution in [0.5, 0.6) is 0 Å². The summed E-state index contributed by atoms with van der Waals surface area (Å²) in [5, 5.41) is 0. The molecular formula is C12H13N3O3. The smallest absolute Gasteiger partial charge is 0.292 e. The lowest BCUT2D eigenvalue weighted by molar-refractivity contribution is -0.124. The number of nitrogens with one attached hydrogen (secondary N) is 1. The zero-order valence-electron chi connectivity index (χ0n) is 10.1. The van der Waals surface area contributed by atoms with Crippen LogP contribution in [-0.2, 0) is 9.59 Å². The van der Waals surface area contributed by atoms with Gasteiger partial charge in [0.05, 0.1) is 11.3 Å². The first-order valence-electron chi connectivity index (χ1n) is 5.47. The molecule has 0 saturated carbocycles. The predicted octanol–water partition coefficient (Wildman–Crippen LogP) is -0.0973. The van der Waals surface area contributed by atoms with Crippen molar-refractivity contribution in [2.24, 2.45) is 5.84 Å². The van der Waals surface area contributed by atoms with Gasteiger partial charge in [0.25, 0.3) is 17.6 Å². The van der Waals surface area contributed by atoms with Gasteiger partial charge in [-0.1, -0.05) is 12.1 Å². The number of ketones is 1. The van der Waals surface area contributed by atoms with Gasteiger partial charge in [-0.25, -0.2) is 5.84 Å². The van der Waals surface area contributed by atoms with Crippen LogP contribution in [0, 0.1) is 6.92 Å². The molecule has 1 aliphatic heterocycles. The SMILES string of the molecule is Cc1cccc2c1N(C(C)C(=O)NN)C(=O)C2=O. The van der Waals surface area contributed by atoms with Crippen LogP contribution in [0.3, 0.4) is 0 Å². The summed E-state index contributed by atoms with van der Waals surface area (Å²) in [4.78, 5) is 36.5. The summed E-state index contributed by atoms with van der Waals surface area (Å²) in [6.07, 6.45) is 0. The maximum Gasteiger partial charge on any atom is 0.300 e. The number of hydrogen-bond acceptors (Lipinski definition) is 4. The van der Waals surface area contributed by atoms with Crippen LogP contribution in [-0.4, -0.2) is 23.6 Å². The van der Waals surface area contributed by atoms with Gasteiger partial charge in [0, 0.05) is 0 Å². The number of nitrogens with zero attached hydrogens (tertiary/aromatic N) is 1. The van der Waals surface area contributed by atoms with Gasteiger partial charge in [-0.05, 0) is 25.5 Å². The number of carbonyl (C=O) groups is 3. The Morgan fingerprint density at radius 2 is 2.06 bits per heavy atom. The Kier molecular flexibility index (Phi) is 2.88.